The maximum absolute atomic E-state index is 13.3. The molecule has 7 heteroatoms. The van der Waals surface area contributed by atoms with Gasteiger partial charge in [-0.15, -0.1) is 5.10 Å². The molecule has 4 rings (SSSR count). The molecule has 0 aliphatic carbocycles. The molecule has 1 aliphatic heterocycles. The summed E-state index contributed by atoms with van der Waals surface area (Å²) >= 11 is 1.40. The van der Waals surface area contributed by atoms with Gasteiger partial charge in [-0.2, -0.15) is 4.68 Å². The van der Waals surface area contributed by atoms with Gasteiger partial charge in [0.15, 0.2) is 0 Å². The van der Waals surface area contributed by atoms with Crippen LogP contribution in [0.3, 0.4) is 0 Å². The number of aryl methyl sites for hydroxylation is 2. The third-order valence-corrected chi connectivity index (χ3v) is 6.19. The zero-order valence-corrected chi connectivity index (χ0v) is 17.3. The summed E-state index contributed by atoms with van der Waals surface area (Å²) in [5, 5.41) is 12.5. The van der Waals surface area contributed by atoms with Crippen LogP contribution < -0.4 is 4.90 Å². The molecular weight excluding hydrogens is 370 g/mol. The second-order valence-corrected chi connectivity index (χ2v) is 8.57. The van der Waals surface area contributed by atoms with Crippen molar-refractivity contribution in [2.45, 2.75) is 50.6 Å². The standard InChI is InChI=1S/C21H23N5OS/c1-13-8-7-9-14(2)19(13)26-21(22-23-24-26)28-16(4)20(27)25-15(3)12-17-10-5-6-11-18(17)25/h5-11,15-16H,12H2,1-4H3/t15-,16+/m1/s1. The predicted molar refractivity (Wildman–Crippen MR) is 111 cm³/mol. The maximum atomic E-state index is 13.3. The van der Waals surface area contributed by atoms with Crippen LogP contribution in [0, 0.1) is 13.8 Å². The number of aromatic nitrogens is 4. The molecule has 2 heterocycles. The Morgan fingerprint density at radius 3 is 2.61 bits per heavy atom. The van der Waals surface area contributed by atoms with Crippen molar-refractivity contribution >= 4 is 23.4 Å². The van der Waals surface area contributed by atoms with Gasteiger partial charge in [-0.25, -0.2) is 0 Å². The molecule has 0 unspecified atom stereocenters. The van der Waals surface area contributed by atoms with Gasteiger partial charge in [0.05, 0.1) is 10.9 Å². The Bertz CT molecular complexity index is 1010. The predicted octanol–water partition coefficient (Wildman–Crippen LogP) is 3.74. The van der Waals surface area contributed by atoms with Crippen molar-refractivity contribution < 1.29 is 4.79 Å². The average molecular weight is 394 g/mol. The van der Waals surface area contributed by atoms with Crippen LogP contribution >= 0.6 is 11.8 Å². The van der Waals surface area contributed by atoms with Crippen LogP contribution in [0.15, 0.2) is 47.6 Å². The van der Waals surface area contributed by atoms with E-state index in [0.717, 1.165) is 28.9 Å². The van der Waals surface area contributed by atoms with Gasteiger partial charge in [0.25, 0.3) is 0 Å². The Hall–Kier alpha value is -2.67. The van der Waals surface area contributed by atoms with Gasteiger partial charge in [-0.3, -0.25) is 4.79 Å². The largest absolute Gasteiger partial charge is 0.308 e. The van der Waals surface area contributed by atoms with Crippen molar-refractivity contribution in [2.75, 3.05) is 4.90 Å². The molecule has 1 aromatic heterocycles. The van der Waals surface area contributed by atoms with Gasteiger partial charge in [0.1, 0.15) is 0 Å². The zero-order chi connectivity index (χ0) is 19.8. The molecule has 0 saturated carbocycles. The topological polar surface area (TPSA) is 63.9 Å². The lowest BCUT2D eigenvalue weighted by atomic mass is 10.1. The highest BCUT2D eigenvalue weighted by molar-refractivity contribution is 8.00. The van der Waals surface area contributed by atoms with Crippen LogP contribution in [-0.4, -0.2) is 37.4 Å². The van der Waals surface area contributed by atoms with E-state index in [4.69, 9.17) is 0 Å². The van der Waals surface area contributed by atoms with Gasteiger partial charge in [0, 0.05) is 11.7 Å². The first-order valence-corrected chi connectivity index (χ1v) is 10.3. The summed E-state index contributed by atoms with van der Waals surface area (Å²) in [6.45, 7) is 8.09. The minimum atomic E-state index is -0.303. The average Bonchev–Trinajstić information content (AvgIpc) is 3.24. The highest BCUT2D eigenvalue weighted by atomic mass is 32.2. The number of anilines is 1. The molecule has 0 bridgehead atoms. The normalized spacial score (nSPS) is 16.9. The number of carbonyl (C=O) groups excluding carboxylic acids is 1. The van der Waals surface area contributed by atoms with E-state index in [1.54, 1.807) is 4.68 Å². The molecule has 1 amide bonds. The molecule has 0 fully saturated rings. The summed E-state index contributed by atoms with van der Waals surface area (Å²) in [5.41, 5.74) is 5.39. The Morgan fingerprint density at radius 2 is 1.86 bits per heavy atom. The van der Waals surface area contributed by atoms with Crippen LogP contribution in [0.5, 0.6) is 0 Å². The molecule has 2 atom stereocenters. The highest BCUT2D eigenvalue weighted by Crippen LogP contribution is 2.35. The number of para-hydroxylation sites is 2. The van der Waals surface area contributed by atoms with E-state index in [2.05, 4.69) is 28.5 Å². The summed E-state index contributed by atoms with van der Waals surface area (Å²) in [6, 6.07) is 14.4. The van der Waals surface area contributed by atoms with Crippen LogP contribution in [0.25, 0.3) is 5.69 Å². The van der Waals surface area contributed by atoms with E-state index in [1.165, 1.54) is 17.3 Å². The third kappa shape index (κ3) is 3.20. The van der Waals surface area contributed by atoms with Crippen LogP contribution in [-0.2, 0) is 11.2 Å². The number of carbonyl (C=O) groups is 1. The van der Waals surface area contributed by atoms with Crippen LogP contribution in [0.4, 0.5) is 5.69 Å². The van der Waals surface area contributed by atoms with E-state index in [9.17, 15) is 4.79 Å². The smallest absolute Gasteiger partial charge is 0.240 e. The van der Waals surface area contributed by atoms with Gasteiger partial charge in [-0.05, 0) is 67.3 Å². The number of thioether (sulfide) groups is 1. The first-order chi connectivity index (χ1) is 13.5. The van der Waals surface area contributed by atoms with Gasteiger partial charge in [0.2, 0.25) is 11.1 Å². The third-order valence-electron chi connectivity index (χ3n) is 5.17. The number of hydrogen-bond acceptors (Lipinski definition) is 5. The van der Waals surface area contributed by atoms with Crippen molar-refractivity contribution in [1.29, 1.82) is 0 Å². The molecule has 6 nitrogen and oxygen atoms in total. The first-order valence-electron chi connectivity index (χ1n) is 9.40. The van der Waals surface area contributed by atoms with Crippen molar-refractivity contribution in [1.82, 2.24) is 20.2 Å². The lowest BCUT2D eigenvalue weighted by molar-refractivity contribution is -0.118. The molecule has 3 aromatic rings. The quantitative estimate of drug-likeness (QED) is 0.632. The summed E-state index contributed by atoms with van der Waals surface area (Å²) in [7, 11) is 0. The minimum absolute atomic E-state index is 0.0819. The van der Waals surface area contributed by atoms with Gasteiger partial charge < -0.3 is 4.90 Å². The minimum Gasteiger partial charge on any atom is -0.308 e. The molecule has 28 heavy (non-hydrogen) atoms. The molecule has 0 N–H and O–H groups in total. The van der Waals surface area contributed by atoms with Crippen molar-refractivity contribution in [3.63, 3.8) is 0 Å². The number of hydrogen-bond donors (Lipinski definition) is 0. The van der Waals surface area contributed by atoms with Crippen molar-refractivity contribution in [3.05, 3.63) is 59.2 Å². The first kappa shape index (κ1) is 18.7. The Balaban J connectivity index is 1.60. The molecule has 0 spiro atoms. The second kappa shape index (κ2) is 7.39. The number of benzene rings is 2. The Morgan fingerprint density at radius 1 is 1.14 bits per heavy atom. The lowest BCUT2D eigenvalue weighted by Crippen LogP contribution is -2.40. The van der Waals surface area contributed by atoms with Crippen molar-refractivity contribution in [3.8, 4) is 5.69 Å². The SMILES string of the molecule is Cc1cccc(C)c1-n1nnnc1S[C@@H](C)C(=O)N1c2ccccc2C[C@H]1C. The van der Waals surface area contributed by atoms with E-state index in [-0.39, 0.29) is 17.2 Å². The van der Waals surface area contributed by atoms with E-state index < -0.39 is 0 Å². The number of tetrazole rings is 1. The number of rotatable bonds is 4. The van der Waals surface area contributed by atoms with E-state index in [1.807, 2.05) is 62.1 Å². The highest BCUT2D eigenvalue weighted by Gasteiger charge is 2.34. The molecule has 2 aromatic carbocycles. The summed E-state index contributed by atoms with van der Waals surface area (Å²) < 4.78 is 1.74. The number of amides is 1. The fraction of sp³-hybridized carbons (Fsp3) is 0.333. The Labute approximate surface area is 168 Å². The zero-order valence-electron chi connectivity index (χ0n) is 16.5. The van der Waals surface area contributed by atoms with E-state index >= 15 is 0 Å². The molecule has 0 saturated heterocycles. The maximum Gasteiger partial charge on any atom is 0.240 e. The Kier molecular flexibility index (Phi) is 4.93. The number of fused-ring (bicyclic) bond motifs is 1. The second-order valence-electron chi connectivity index (χ2n) is 7.26. The molecule has 0 radical (unpaired) electrons. The summed E-state index contributed by atoms with van der Waals surface area (Å²) in [6.07, 6.45) is 0.888. The van der Waals surface area contributed by atoms with Crippen LogP contribution in [0.2, 0.25) is 0 Å². The van der Waals surface area contributed by atoms with Gasteiger partial charge in [-0.1, -0.05) is 48.2 Å². The molecule has 144 valence electrons. The molecule has 1 aliphatic rings. The van der Waals surface area contributed by atoms with E-state index in [0.29, 0.717) is 5.16 Å². The molecular formula is C21H23N5OS. The fourth-order valence-electron chi connectivity index (χ4n) is 3.84. The number of nitrogens with zero attached hydrogens (tertiary/aromatic N) is 5. The lowest BCUT2D eigenvalue weighted by Gasteiger charge is -2.25. The van der Waals surface area contributed by atoms with Crippen molar-refractivity contribution in [2.24, 2.45) is 0 Å². The van der Waals surface area contributed by atoms with Gasteiger partial charge >= 0.3 is 0 Å². The summed E-state index contributed by atoms with van der Waals surface area (Å²) in [5.74, 6) is 0.0819. The summed E-state index contributed by atoms with van der Waals surface area (Å²) in [4.78, 5) is 15.2. The fourth-order valence-corrected chi connectivity index (χ4v) is 4.68. The monoisotopic (exact) mass is 393 g/mol. The van der Waals surface area contributed by atoms with Crippen LogP contribution in [0.1, 0.15) is 30.5 Å².